The van der Waals surface area contributed by atoms with E-state index in [1.54, 1.807) is 0 Å². The first-order valence-corrected chi connectivity index (χ1v) is 5.40. The van der Waals surface area contributed by atoms with Crippen molar-refractivity contribution in [3.63, 3.8) is 0 Å². The van der Waals surface area contributed by atoms with Crippen LogP contribution in [0.1, 0.15) is 0 Å². The molecule has 0 aliphatic rings. The predicted molar refractivity (Wildman–Crippen MR) is 67.3 cm³/mol. The minimum atomic E-state index is -0.841. The van der Waals surface area contributed by atoms with Gasteiger partial charge in [0.2, 0.25) is 5.75 Å². The number of nitrogens with zero attached hydrogens (tertiary/aromatic N) is 1. The van der Waals surface area contributed by atoms with E-state index in [1.807, 2.05) is 0 Å². The van der Waals surface area contributed by atoms with E-state index in [0.717, 1.165) is 18.2 Å². The van der Waals surface area contributed by atoms with E-state index in [9.17, 15) is 18.9 Å². The molecule has 0 aliphatic heterocycles. The number of anilines is 1. The average Bonchev–Trinajstić information content (AvgIpc) is 2.42. The number of nitrogens with two attached hydrogens (primary N) is 1. The van der Waals surface area contributed by atoms with Crippen molar-refractivity contribution in [3.05, 3.63) is 58.1 Å². The molecule has 0 spiro atoms. The van der Waals surface area contributed by atoms with E-state index in [-0.39, 0.29) is 11.4 Å². The van der Waals surface area contributed by atoms with Crippen LogP contribution >= 0.6 is 0 Å². The van der Waals surface area contributed by atoms with Crippen LogP contribution in [0, 0.1) is 21.7 Å². The van der Waals surface area contributed by atoms with Crippen molar-refractivity contribution in [1.29, 1.82) is 0 Å². The molecule has 0 heterocycles. The first kappa shape index (κ1) is 13.7. The van der Waals surface area contributed by atoms with Gasteiger partial charge < -0.3 is 10.2 Å². The fraction of sp³-hybridized carbons (Fsp3) is 0. The molecule has 3 N–H and O–H groups in total. The predicted octanol–water partition coefficient (Wildman–Crippen LogP) is 2.95. The molecule has 0 radical (unpaired) electrons. The number of rotatable bonds is 4. The van der Waals surface area contributed by atoms with Gasteiger partial charge in [0.15, 0.2) is 11.6 Å². The molecule has 0 atom stereocenters. The number of nitrogens with one attached hydrogen (secondary N) is 1. The molecule has 0 saturated heterocycles. The van der Waals surface area contributed by atoms with Crippen molar-refractivity contribution in [1.82, 2.24) is 0 Å². The lowest BCUT2D eigenvalue weighted by Crippen LogP contribution is -2.09. The molecule has 8 heteroatoms. The zero-order valence-corrected chi connectivity index (χ0v) is 9.97. The fourth-order valence-corrected chi connectivity index (χ4v) is 1.58. The third kappa shape index (κ3) is 2.64. The normalized spacial score (nSPS) is 10.2. The molecular weight excluding hydrogens is 272 g/mol. The number of hydrazine groups is 1. The van der Waals surface area contributed by atoms with Crippen molar-refractivity contribution < 1.29 is 18.4 Å². The second kappa shape index (κ2) is 5.49. The van der Waals surface area contributed by atoms with Crippen LogP contribution in [0.2, 0.25) is 0 Å². The number of benzene rings is 2. The van der Waals surface area contributed by atoms with Crippen LogP contribution in [-0.4, -0.2) is 4.92 Å². The van der Waals surface area contributed by atoms with Crippen LogP contribution in [0.5, 0.6) is 11.5 Å². The minimum Gasteiger partial charge on any atom is -0.447 e. The topological polar surface area (TPSA) is 90.4 Å². The molecule has 0 saturated carbocycles. The zero-order chi connectivity index (χ0) is 14.7. The van der Waals surface area contributed by atoms with Crippen molar-refractivity contribution in [2.45, 2.75) is 0 Å². The summed E-state index contributed by atoms with van der Waals surface area (Å²) in [6.45, 7) is 0. The number of halogens is 2. The maximum atomic E-state index is 13.5. The lowest BCUT2D eigenvalue weighted by atomic mass is 10.2. The Morgan fingerprint density at radius 1 is 1.20 bits per heavy atom. The largest absolute Gasteiger partial charge is 0.447 e. The monoisotopic (exact) mass is 281 g/mol. The van der Waals surface area contributed by atoms with Crippen molar-refractivity contribution in [2.24, 2.45) is 5.84 Å². The van der Waals surface area contributed by atoms with Gasteiger partial charge in [-0.05, 0) is 24.3 Å². The standard InChI is InChI=1S/C12H9F2N3O3/c13-7-4-5-8(14)11(6-7)20-10-3-1-2-9(16-15)12(10)17(18)19/h1-6,16H,15H2. The van der Waals surface area contributed by atoms with Crippen LogP contribution in [0.25, 0.3) is 0 Å². The van der Waals surface area contributed by atoms with E-state index in [0.29, 0.717) is 0 Å². The molecule has 0 amide bonds. The highest BCUT2D eigenvalue weighted by atomic mass is 19.1. The van der Waals surface area contributed by atoms with Gasteiger partial charge in [0.05, 0.1) is 4.92 Å². The SMILES string of the molecule is NNc1cccc(Oc2cc(F)ccc2F)c1[N+](=O)[O-]. The molecule has 0 unspecified atom stereocenters. The summed E-state index contributed by atoms with van der Waals surface area (Å²) in [4.78, 5) is 10.3. The summed E-state index contributed by atoms with van der Waals surface area (Å²) in [5.41, 5.74) is 1.66. The molecule has 6 nitrogen and oxygen atoms in total. The Kier molecular flexibility index (Phi) is 3.76. The van der Waals surface area contributed by atoms with Gasteiger partial charge in [-0.2, -0.15) is 0 Å². The summed E-state index contributed by atoms with van der Waals surface area (Å²) >= 11 is 0. The van der Waals surface area contributed by atoms with Crippen molar-refractivity contribution >= 4 is 11.4 Å². The highest BCUT2D eigenvalue weighted by molar-refractivity contribution is 5.68. The second-order valence-corrected chi connectivity index (χ2v) is 3.73. The minimum absolute atomic E-state index is 0.00990. The number of nitrogen functional groups attached to an aromatic ring is 1. The van der Waals surface area contributed by atoms with E-state index in [2.05, 4.69) is 5.43 Å². The Morgan fingerprint density at radius 2 is 1.95 bits per heavy atom. The summed E-state index contributed by atoms with van der Waals surface area (Å²) in [6.07, 6.45) is 0. The van der Waals surface area contributed by atoms with Gasteiger partial charge in [-0.25, -0.2) is 8.78 Å². The molecular formula is C12H9F2N3O3. The van der Waals surface area contributed by atoms with Gasteiger partial charge in [-0.3, -0.25) is 16.0 Å². The molecule has 2 aromatic rings. The lowest BCUT2D eigenvalue weighted by Gasteiger charge is -2.09. The Hall–Kier alpha value is -2.74. The van der Waals surface area contributed by atoms with Gasteiger partial charge >= 0.3 is 5.69 Å². The van der Waals surface area contributed by atoms with Gasteiger partial charge in [0.1, 0.15) is 11.5 Å². The van der Waals surface area contributed by atoms with Gasteiger partial charge in [0, 0.05) is 6.07 Å². The molecule has 104 valence electrons. The maximum absolute atomic E-state index is 13.5. The highest BCUT2D eigenvalue weighted by Gasteiger charge is 2.22. The summed E-state index contributed by atoms with van der Waals surface area (Å²) < 4.78 is 31.6. The van der Waals surface area contributed by atoms with E-state index >= 15 is 0 Å². The number of hydrogen-bond donors (Lipinski definition) is 2. The summed E-state index contributed by atoms with van der Waals surface area (Å²) in [5, 5.41) is 11.0. The Balaban J connectivity index is 2.48. The maximum Gasteiger partial charge on any atom is 0.335 e. The second-order valence-electron chi connectivity index (χ2n) is 3.73. The Labute approximate surface area is 111 Å². The van der Waals surface area contributed by atoms with Crippen molar-refractivity contribution in [3.8, 4) is 11.5 Å². The van der Waals surface area contributed by atoms with Crippen LogP contribution in [-0.2, 0) is 0 Å². The molecule has 0 bridgehead atoms. The molecule has 0 fully saturated rings. The van der Waals surface area contributed by atoms with Gasteiger partial charge in [-0.1, -0.05) is 6.07 Å². The number of para-hydroxylation sites is 1. The van der Waals surface area contributed by atoms with Crippen LogP contribution in [0.15, 0.2) is 36.4 Å². The van der Waals surface area contributed by atoms with Crippen molar-refractivity contribution in [2.75, 3.05) is 5.43 Å². The smallest absolute Gasteiger partial charge is 0.335 e. The first-order valence-electron chi connectivity index (χ1n) is 5.40. The van der Waals surface area contributed by atoms with Crippen LogP contribution in [0.4, 0.5) is 20.2 Å². The quantitative estimate of drug-likeness (QED) is 0.511. The van der Waals surface area contributed by atoms with E-state index in [1.165, 1.54) is 18.2 Å². The number of nitro benzene ring substituents is 1. The lowest BCUT2D eigenvalue weighted by molar-refractivity contribution is -0.384. The average molecular weight is 281 g/mol. The van der Waals surface area contributed by atoms with Crippen LogP contribution < -0.4 is 16.0 Å². The number of nitro groups is 1. The molecule has 0 aromatic heterocycles. The fourth-order valence-electron chi connectivity index (χ4n) is 1.58. The van der Waals surface area contributed by atoms with Gasteiger partial charge in [0.25, 0.3) is 0 Å². The molecule has 0 aliphatic carbocycles. The Bertz CT molecular complexity index is 664. The highest BCUT2D eigenvalue weighted by Crippen LogP contribution is 2.37. The molecule has 2 rings (SSSR count). The summed E-state index contributed by atoms with van der Waals surface area (Å²) in [5.74, 6) is 2.88. The Morgan fingerprint density at radius 3 is 2.60 bits per heavy atom. The molecule has 20 heavy (non-hydrogen) atoms. The third-order valence-electron chi connectivity index (χ3n) is 2.45. The third-order valence-corrected chi connectivity index (χ3v) is 2.45. The van der Waals surface area contributed by atoms with E-state index in [4.69, 9.17) is 10.6 Å². The number of hydrogen-bond acceptors (Lipinski definition) is 5. The summed E-state index contributed by atoms with van der Waals surface area (Å²) in [7, 11) is 0. The number of ether oxygens (including phenoxy) is 1. The summed E-state index contributed by atoms with van der Waals surface area (Å²) in [6, 6.07) is 6.60. The van der Waals surface area contributed by atoms with E-state index < -0.39 is 28.0 Å². The zero-order valence-electron chi connectivity index (χ0n) is 9.97. The van der Waals surface area contributed by atoms with Gasteiger partial charge in [-0.15, -0.1) is 0 Å². The molecule has 2 aromatic carbocycles. The van der Waals surface area contributed by atoms with Crippen LogP contribution in [0.3, 0.4) is 0 Å². The first-order chi connectivity index (χ1) is 9.52.